The molecule has 0 unspecified atom stereocenters. The number of carbonyl (C=O) groups excluding carboxylic acids is 1. The van der Waals surface area contributed by atoms with Crippen LogP contribution in [0.5, 0.6) is 0 Å². The highest BCUT2D eigenvalue weighted by Gasteiger charge is 2.15. The van der Waals surface area contributed by atoms with E-state index in [0.29, 0.717) is 11.4 Å². The molecule has 0 aliphatic heterocycles. The maximum atomic E-state index is 11.5. The van der Waals surface area contributed by atoms with Gasteiger partial charge in [0.05, 0.1) is 9.80 Å². The van der Waals surface area contributed by atoms with Crippen LogP contribution in [0.2, 0.25) is 0 Å². The van der Waals surface area contributed by atoms with Gasteiger partial charge in [0.1, 0.15) is 0 Å². The van der Waals surface area contributed by atoms with E-state index in [2.05, 4.69) is 5.32 Å². The molecule has 0 spiro atoms. The summed E-state index contributed by atoms with van der Waals surface area (Å²) < 4.78 is 0. The van der Waals surface area contributed by atoms with E-state index in [9.17, 15) is 14.9 Å². The number of rotatable bonds is 4. The number of nitro groups is 1. The minimum Gasteiger partial charge on any atom is -0.348 e. The van der Waals surface area contributed by atoms with E-state index in [1.807, 2.05) is 0 Å². The van der Waals surface area contributed by atoms with Crippen molar-refractivity contribution in [3.05, 3.63) is 27.1 Å². The summed E-state index contributed by atoms with van der Waals surface area (Å²) in [6, 6.07) is 2.60. The van der Waals surface area contributed by atoms with Gasteiger partial charge < -0.3 is 11.1 Å². The van der Waals surface area contributed by atoms with Crippen molar-refractivity contribution in [1.29, 1.82) is 0 Å². The Morgan fingerprint density at radius 1 is 1.69 bits per heavy atom. The number of nitrogens with zero attached hydrogens (tertiary/aromatic N) is 1. The van der Waals surface area contributed by atoms with Crippen molar-refractivity contribution in [2.45, 2.75) is 13.0 Å². The van der Waals surface area contributed by atoms with Crippen molar-refractivity contribution < 1.29 is 9.72 Å². The molecule has 0 saturated carbocycles. The topological polar surface area (TPSA) is 98.3 Å². The Labute approximate surface area is 102 Å². The Kier molecular flexibility index (Phi) is 5.94. The minimum atomic E-state index is -0.520. The van der Waals surface area contributed by atoms with E-state index < -0.39 is 4.92 Å². The lowest BCUT2D eigenvalue weighted by Crippen LogP contribution is -2.37. The molecular formula is C8H12ClN3O3S. The summed E-state index contributed by atoms with van der Waals surface area (Å²) in [6.07, 6.45) is 0. The van der Waals surface area contributed by atoms with E-state index in [0.717, 1.165) is 11.3 Å². The van der Waals surface area contributed by atoms with Crippen LogP contribution in [0.1, 0.15) is 16.6 Å². The van der Waals surface area contributed by atoms with Gasteiger partial charge >= 0.3 is 5.00 Å². The summed E-state index contributed by atoms with van der Waals surface area (Å²) in [5, 5.41) is 13.0. The Morgan fingerprint density at radius 3 is 2.75 bits per heavy atom. The summed E-state index contributed by atoms with van der Waals surface area (Å²) in [5.74, 6) is -0.328. The van der Waals surface area contributed by atoms with Crippen LogP contribution < -0.4 is 11.1 Å². The number of hydrogen-bond donors (Lipinski definition) is 2. The summed E-state index contributed by atoms with van der Waals surface area (Å²) >= 11 is 0.850. The SMILES string of the molecule is C[C@@H](CN)NC(=O)c1ccc([N+](=O)[O-])s1.Cl. The van der Waals surface area contributed by atoms with Gasteiger partial charge in [-0.25, -0.2) is 0 Å². The van der Waals surface area contributed by atoms with Crippen LogP contribution in [0.25, 0.3) is 0 Å². The number of hydrogen-bond acceptors (Lipinski definition) is 5. The Balaban J connectivity index is 0.00000225. The molecule has 1 atom stereocenters. The molecule has 0 aliphatic carbocycles. The predicted molar refractivity (Wildman–Crippen MR) is 64.2 cm³/mol. The van der Waals surface area contributed by atoms with E-state index >= 15 is 0 Å². The third kappa shape index (κ3) is 3.76. The third-order valence-electron chi connectivity index (χ3n) is 1.73. The van der Waals surface area contributed by atoms with Gasteiger partial charge in [-0.3, -0.25) is 14.9 Å². The number of halogens is 1. The maximum Gasteiger partial charge on any atom is 0.324 e. The van der Waals surface area contributed by atoms with Gasteiger partial charge in [-0.1, -0.05) is 11.3 Å². The van der Waals surface area contributed by atoms with E-state index in [-0.39, 0.29) is 29.4 Å². The van der Waals surface area contributed by atoms with Crippen LogP contribution in [0.4, 0.5) is 5.00 Å². The quantitative estimate of drug-likeness (QED) is 0.630. The molecule has 16 heavy (non-hydrogen) atoms. The Bertz CT molecular complexity index is 382. The fourth-order valence-electron chi connectivity index (χ4n) is 0.902. The molecule has 0 aliphatic rings. The van der Waals surface area contributed by atoms with Crippen molar-refractivity contribution in [1.82, 2.24) is 5.32 Å². The second-order valence-electron chi connectivity index (χ2n) is 3.01. The highest BCUT2D eigenvalue weighted by molar-refractivity contribution is 7.17. The molecule has 0 aromatic carbocycles. The molecule has 3 N–H and O–H groups in total. The molecular weight excluding hydrogens is 254 g/mol. The minimum absolute atomic E-state index is 0. The average Bonchev–Trinajstić information content (AvgIpc) is 2.66. The standard InChI is InChI=1S/C8H11N3O3S.ClH/c1-5(4-9)10-8(12)6-2-3-7(15-6)11(13)14;/h2-3,5H,4,9H2,1H3,(H,10,12);1H/t5-;/m0./s1. The highest BCUT2D eigenvalue weighted by Crippen LogP contribution is 2.23. The largest absolute Gasteiger partial charge is 0.348 e. The van der Waals surface area contributed by atoms with Crippen molar-refractivity contribution in [2.24, 2.45) is 5.73 Å². The molecule has 0 bridgehead atoms. The number of nitrogens with two attached hydrogens (primary N) is 1. The molecule has 90 valence electrons. The molecule has 1 heterocycles. The fourth-order valence-corrected chi connectivity index (χ4v) is 1.63. The molecule has 1 aromatic heterocycles. The zero-order valence-corrected chi connectivity index (χ0v) is 10.1. The van der Waals surface area contributed by atoms with Crippen LogP contribution in [0, 0.1) is 10.1 Å². The smallest absolute Gasteiger partial charge is 0.324 e. The van der Waals surface area contributed by atoms with Crippen molar-refractivity contribution in [2.75, 3.05) is 6.54 Å². The van der Waals surface area contributed by atoms with E-state index in [4.69, 9.17) is 5.73 Å². The van der Waals surface area contributed by atoms with Gasteiger partial charge in [0.25, 0.3) is 5.91 Å². The number of nitrogens with one attached hydrogen (secondary N) is 1. The lowest BCUT2D eigenvalue weighted by atomic mass is 10.3. The van der Waals surface area contributed by atoms with Crippen LogP contribution in [0.3, 0.4) is 0 Å². The van der Waals surface area contributed by atoms with Gasteiger partial charge in [-0.05, 0) is 13.0 Å². The van der Waals surface area contributed by atoms with Crippen LogP contribution in [0.15, 0.2) is 12.1 Å². The number of thiophene rings is 1. The molecule has 1 aromatic rings. The first-order valence-corrected chi connectivity index (χ1v) is 5.11. The first-order valence-electron chi connectivity index (χ1n) is 4.29. The van der Waals surface area contributed by atoms with Crippen LogP contribution in [-0.2, 0) is 0 Å². The van der Waals surface area contributed by atoms with E-state index in [1.54, 1.807) is 6.92 Å². The zero-order chi connectivity index (χ0) is 11.4. The summed E-state index contributed by atoms with van der Waals surface area (Å²) in [7, 11) is 0. The van der Waals surface area contributed by atoms with Gasteiger partial charge in [0.15, 0.2) is 0 Å². The second kappa shape index (κ2) is 6.41. The summed E-state index contributed by atoms with van der Waals surface area (Å²) in [4.78, 5) is 21.7. The molecule has 0 saturated heterocycles. The van der Waals surface area contributed by atoms with Crippen molar-refractivity contribution in [3.8, 4) is 0 Å². The molecule has 0 radical (unpaired) electrons. The third-order valence-corrected chi connectivity index (χ3v) is 2.76. The number of amides is 1. The van der Waals surface area contributed by atoms with Gasteiger partial charge in [-0.15, -0.1) is 12.4 Å². The predicted octanol–water partition coefficient (Wildman–Crippen LogP) is 1.16. The average molecular weight is 266 g/mol. The molecule has 0 fully saturated rings. The summed E-state index contributed by atoms with van der Waals surface area (Å²) in [5.41, 5.74) is 5.33. The Hall–Kier alpha value is -1.18. The van der Waals surface area contributed by atoms with Crippen molar-refractivity contribution >= 4 is 34.7 Å². The molecule has 1 amide bonds. The first kappa shape index (κ1) is 14.8. The van der Waals surface area contributed by atoms with Crippen LogP contribution in [-0.4, -0.2) is 23.4 Å². The molecule has 8 heteroatoms. The lowest BCUT2D eigenvalue weighted by molar-refractivity contribution is -0.380. The lowest BCUT2D eigenvalue weighted by Gasteiger charge is -2.09. The van der Waals surface area contributed by atoms with Gasteiger partial charge in [0, 0.05) is 18.7 Å². The van der Waals surface area contributed by atoms with Crippen molar-refractivity contribution in [3.63, 3.8) is 0 Å². The molecule has 6 nitrogen and oxygen atoms in total. The van der Waals surface area contributed by atoms with Gasteiger partial charge in [0.2, 0.25) is 0 Å². The fraction of sp³-hybridized carbons (Fsp3) is 0.375. The maximum absolute atomic E-state index is 11.5. The van der Waals surface area contributed by atoms with Crippen LogP contribution >= 0.6 is 23.7 Å². The zero-order valence-electron chi connectivity index (χ0n) is 8.50. The highest BCUT2D eigenvalue weighted by atomic mass is 35.5. The monoisotopic (exact) mass is 265 g/mol. The van der Waals surface area contributed by atoms with E-state index in [1.165, 1.54) is 12.1 Å². The van der Waals surface area contributed by atoms with Gasteiger partial charge in [-0.2, -0.15) is 0 Å². The first-order chi connectivity index (χ1) is 7.04. The summed E-state index contributed by atoms with van der Waals surface area (Å²) in [6.45, 7) is 2.10. The number of carbonyl (C=O) groups is 1. The Morgan fingerprint density at radius 2 is 2.31 bits per heavy atom. The second-order valence-corrected chi connectivity index (χ2v) is 4.07. The molecule has 1 rings (SSSR count). The normalized spacial score (nSPS) is 11.4.